The third kappa shape index (κ3) is 3.29. The third-order valence-electron chi connectivity index (χ3n) is 5.19. The summed E-state index contributed by atoms with van der Waals surface area (Å²) in [6, 6.07) is 11.6. The van der Waals surface area contributed by atoms with Gasteiger partial charge in [0.2, 0.25) is 5.91 Å². The summed E-state index contributed by atoms with van der Waals surface area (Å²) in [4.78, 5) is 17.2. The van der Waals surface area contributed by atoms with Crippen LogP contribution in [0.4, 0.5) is 0 Å². The number of hydrogen-bond donors (Lipinski definition) is 1. The number of rotatable bonds is 5. The molecule has 0 spiro atoms. The van der Waals surface area contributed by atoms with Crippen molar-refractivity contribution in [2.45, 2.75) is 23.7 Å². The van der Waals surface area contributed by atoms with Crippen molar-refractivity contribution in [2.24, 2.45) is 0 Å². The number of nitrogens with one attached hydrogen (secondary N) is 1. The predicted octanol–water partition coefficient (Wildman–Crippen LogP) is 2.79. The molecule has 4 rings (SSSR count). The largest absolute Gasteiger partial charge is 0.496 e. The Morgan fingerprint density at radius 2 is 1.83 bits per heavy atom. The molecule has 0 radical (unpaired) electrons. The number of nitrogens with zero attached hydrogens (tertiary/aromatic N) is 1. The lowest BCUT2D eigenvalue weighted by Gasteiger charge is -2.17. The molecule has 3 aromatic rings. The van der Waals surface area contributed by atoms with Crippen LogP contribution in [-0.2, 0) is 21.2 Å². The molecule has 0 bridgehead atoms. The first-order valence-corrected chi connectivity index (χ1v) is 10.6. The molecule has 1 amide bonds. The maximum absolute atomic E-state index is 13.0. The molecule has 29 heavy (non-hydrogen) atoms. The first-order valence-electron chi connectivity index (χ1n) is 9.10. The number of hydrogen-bond acceptors (Lipinski definition) is 6. The van der Waals surface area contributed by atoms with E-state index in [4.69, 9.17) is 9.47 Å². The number of fused-ring (bicyclic) bond motifs is 2. The van der Waals surface area contributed by atoms with Crippen molar-refractivity contribution < 1.29 is 22.7 Å². The summed E-state index contributed by atoms with van der Waals surface area (Å²) < 4.78 is 39.0. The highest BCUT2D eigenvalue weighted by Crippen LogP contribution is 2.44. The van der Waals surface area contributed by atoms with E-state index in [0.29, 0.717) is 40.8 Å². The second-order valence-corrected chi connectivity index (χ2v) is 8.40. The van der Waals surface area contributed by atoms with Crippen molar-refractivity contribution in [3.05, 3.63) is 59.8 Å². The average Bonchev–Trinajstić information content (AvgIpc) is 3.18. The molecule has 2 aromatic carbocycles. The van der Waals surface area contributed by atoms with Gasteiger partial charge >= 0.3 is 0 Å². The molecule has 1 aromatic heterocycles. The Labute approximate surface area is 168 Å². The van der Waals surface area contributed by atoms with E-state index in [-0.39, 0.29) is 4.90 Å². The summed E-state index contributed by atoms with van der Waals surface area (Å²) in [5, 5.41) is 0.460. The van der Waals surface area contributed by atoms with Crippen molar-refractivity contribution in [1.82, 2.24) is 9.71 Å². The van der Waals surface area contributed by atoms with E-state index in [9.17, 15) is 13.2 Å². The number of sulfonamides is 1. The second kappa shape index (κ2) is 7.36. The van der Waals surface area contributed by atoms with Gasteiger partial charge in [0.05, 0.1) is 30.5 Å². The minimum atomic E-state index is -4.07. The van der Waals surface area contributed by atoms with E-state index in [2.05, 4.69) is 9.71 Å². The van der Waals surface area contributed by atoms with Crippen molar-refractivity contribution in [1.29, 1.82) is 0 Å². The van der Waals surface area contributed by atoms with Crippen LogP contribution in [0.1, 0.15) is 23.5 Å². The standard InChI is InChI=1S/C21H20N2O5S/c1-27-17-10-11-18(28-2)20-14(17)8-9-15(20)21(24)23-29(25,26)19-7-3-6-16-13(19)5-4-12-22-16/h3-7,10-12,15H,8-9H2,1-2H3,(H,23,24). The maximum atomic E-state index is 13.0. The Kier molecular flexibility index (Phi) is 4.87. The Hall–Kier alpha value is -3.13. The minimum absolute atomic E-state index is 0.0206. The zero-order valence-electron chi connectivity index (χ0n) is 16.0. The van der Waals surface area contributed by atoms with Gasteiger partial charge in [0.1, 0.15) is 11.5 Å². The Balaban J connectivity index is 1.70. The fourth-order valence-corrected chi connectivity index (χ4v) is 5.13. The van der Waals surface area contributed by atoms with Gasteiger partial charge in [-0.25, -0.2) is 13.1 Å². The van der Waals surface area contributed by atoms with E-state index in [1.807, 2.05) is 0 Å². The molecule has 1 unspecified atom stereocenters. The molecule has 0 saturated heterocycles. The van der Waals surface area contributed by atoms with Crippen molar-refractivity contribution in [3.8, 4) is 11.5 Å². The molecule has 0 aliphatic heterocycles. The average molecular weight is 412 g/mol. The molecule has 150 valence electrons. The lowest BCUT2D eigenvalue weighted by Crippen LogP contribution is -2.34. The summed E-state index contributed by atoms with van der Waals surface area (Å²) in [7, 11) is -0.986. The first-order chi connectivity index (χ1) is 14.0. The zero-order chi connectivity index (χ0) is 20.6. The van der Waals surface area contributed by atoms with Crippen LogP contribution in [0, 0.1) is 0 Å². The van der Waals surface area contributed by atoms with Crippen molar-refractivity contribution in [3.63, 3.8) is 0 Å². The van der Waals surface area contributed by atoms with Crippen LogP contribution >= 0.6 is 0 Å². The van der Waals surface area contributed by atoms with Gasteiger partial charge in [-0.3, -0.25) is 9.78 Å². The zero-order valence-corrected chi connectivity index (χ0v) is 16.8. The van der Waals surface area contributed by atoms with Crippen LogP contribution < -0.4 is 14.2 Å². The van der Waals surface area contributed by atoms with Gasteiger partial charge < -0.3 is 9.47 Å². The Bertz CT molecular complexity index is 1200. The lowest BCUT2D eigenvalue weighted by molar-refractivity contribution is -0.120. The highest BCUT2D eigenvalue weighted by molar-refractivity contribution is 7.90. The molecular formula is C21H20N2O5S. The summed E-state index contributed by atoms with van der Waals surface area (Å²) in [5.41, 5.74) is 2.10. The summed E-state index contributed by atoms with van der Waals surface area (Å²) in [5.74, 6) is -0.0154. The highest BCUT2D eigenvalue weighted by Gasteiger charge is 2.36. The molecule has 1 aliphatic carbocycles. The molecule has 1 aliphatic rings. The fourth-order valence-electron chi connectivity index (χ4n) is 3.90. The highest BCUT2D eigenvalue weighted by atomic mass is 32.2. The molecule has 0 fully saturated rings. The summed E-state index contributed by atoms with van der Waals surface area (Å²) >= 11 is 0. The van der Waals surface area contributed by atoms with Crippen molar-refractivity contribution in [2.75, 3.05) is 14.2 Å². The second-order valence-electron chi connectivity index (χ2n) is 6.75. The van der Waals surface area contributed by atoms with Gasteiger partial charge in [0, 0.05) is 22.7 Å². The number of amides is 1. The molecule has 7 nitrogen and oxygen atoms in total. The van der Waals surface area contributed by atoms with Crippen molar-refractivity contribution >= 4 is 26.8 Å². The fraction of sp³-hybridized carbons (Fsp3) is 0.238. The predicted molar refractivity (Wildman–Crippen MR) is 108 cm³/mol. The van der Waals surface area contributed by atoms with Gasteiger partial charge in [-0.15, -0.1) is 0 Å². The molecule has 1 heterocycles. The van der Waals surface area contributed by atoms with Gasteiger partial charge in [0.25, 0.3) is 10.0 Å². The number of carbonyl (C=O) groups is 1. The van der Waals surface area contributed by atoms with Crippen LogP contribution in [0.2, 0.25) is 0 Å². The smallest absolute Gasteiger partial charge is 0.264 e. The van der Waals surface area contributed by atoms with Gasteiger partial charge in [-0.2, -0.15) is 0 Å². The first kappa shape index (κ1) is 19.2. The molecule has 1 atom stereocenters. The third-order valence-corrected chi connectivity index (χ3v) is 6.60. The number of carbonyl (C=O) groups excluding carboxylic acids is 1. The maximum Gasteiger partial charge on any atom is 0.264 e. The number of aromatic nitrogens is 1. The molecule has 0 saturated carbocycles. The summed E-state index contributed by atoms with van der Waals surface area (Å²) in [6.45, 7) is 0. The van der Waals surface area contributed by atoms with Gasteiger partial charge in [-0.1, -0.05) is 6.07 Å². The van der Waals surface area contributed by atoms with E-state index in [1.54, 1.807) is 49.7 Å². The summed E-state index contributed by atoms with van der Waals surface area (Å²) in [6.07, 6.45) is 2.67. The number of pyridine rings is 1. The van der Waals surface area contributed by atoms with E-state index < -0.39 is 21.8 Å². The number of ether oxygens (including phenoxy) is 2. The van der Waals surface area contributed by atoms with E-state index >= 15 is 0 Å². The van der Waals surface area contributed by atoms with Gasteiger partial charge in [-0.05, 0) is 49.2 Å². The van der Waals surface area contributed by atoms with Crippen LogP contribution in [0.25, 0.3) is 10.9 Å². The Morgan fingerprint density at radius 1 is 1.07 bits per heavy atom. The Morgan fingerprint density at radius 3 is 2.59 bits per heavy atom. The van der Waals surface area contributed by atoms with Crippen LogP contribution in [-0.4, -0.2) is 33.5 Å². The number of benzene rings is 2. The minimum Gasteiger partial charge on any atom is -0.496 e. The topological polar surface area (TPSA) is 94.6 Å². The lowest BCUT2D eigenvalue weighted by atomic mass is 9.99. The quantitative estimate of drug-likeness (QED) is 0.693. The SMILES string of the molecule is COc1ccc(OC)c2c1CCC2C(=O)NS(=O)(=O)c1cccc2ncccc12. The molecule has 1 N–H and O–H groups in total. The van der Waals surface area contributed by atoms with Gasteiger partial charge in [0.15, 0.2) is 0 Å². The molecular weight excluding hydrogens is 392 g/mol. The van der Waals surface area contributed by atoms with Crippen LogP contribution in [0.3, 0.4) is 0 Å². The van der Waals surface area contributed by atoms with Crippen LogP contribution in [0.5, 0.6) is 11.5 Å². The van der Waals surface area contributed by atoms with Crippen LogP contribution in [0.15, 0.2) is 53.6 Å². The molecule has 8 heteroatoms. The van der Waals surface area contributed by atoms with E-state index in [1.165, 1.54) is 13.2 Å². The van der Waals surface area contributed by atoms with E-state index in [0.717, 1.165) is 5.56 Å². The number of methoxy groups -OCH3 is 2. The monoisotopic (exact) mass is 412 g/mol. The normalized spacial score (nSPS) is 15.7.